The minimum Gasteiger partial charge on any atom is -0.495 e. The second-order valence-corrected chi connectivity index (χ2v) is 6.36. The molecular weight excluding hydrogens is 354 g/mol. The van der Waals surface area contributed by atoms with Crippen molar-refractivity contribution in [1.82, 2.24) is 0 Å². The van der Waals surface area contributed by atoms with Crippen molar-refractivity contribution in [2.45, 2.75) is 27.2 Å². The molecule has 0 aliphatic carbocycles. The number of rotatable bonds is 9. The van der Waals surface area contributed by atoms with Gasteiger partial charge in [-0.25, -0.2) is 0 Å². The molecule has 0 aliphatic heterocycles. The Morgan fingerprint density at radius 1 is 1.00 bits per heavy atom. The molecule has 2 aromatic rings. The summed E-state index contributed by atoms with van der Waals surface area (Å²) in [6.07, 6.45) is 0.190. The maximum atomic E-state index is 12.4. The van der Waals surface area contributed by atoms with Gasteiger partial charge in [0.2, 0.25) is 11.8 Å². The Hall–Kier alpha value is -3.02. The van der Waals surface area contributed by atoms with Crippen LogP contribution in [0.5, 0.6) is 5.75 Å². The molecule has 0 atom stereocenters. The van der Waals surface area contributed by atoms with Crippen LogP contribution in [0.2, 0.25) is 0 Å². The van der Waals surface area contributed by atoms with Gasteiger partial charge in [-0.15, -0.1) is 0 Å². The van der Waals surface area contributed by atoms with Gasteiger partial charge >= 0.3 is 0 Å². The van der Waals surface area contributed by atoms with Crippen LogP contribution in [0.4, 0.5) is 17.1 Å². The third kappa shape index (κ3) is 5.49. The van der Waals surface area contributed by atoms with Crippen molar-refractivity contribution >= 4 is 28.9 Å². The molecule has 0 aromatic heterocycles. The van der Waals surface area contributed by atoms with Crippen LogP contribution in [0.1, 0.15) is 27.2 Å². The summed E-state index contributed by atoms with van der Waals surface area (Å²) in [6.45, 7) is 7.86. The van der Waals surface area contributed by atoms with Crippen LogP contribution in [0, 0.1) is 0 Å². The zero-order valence-corrected chi connectivity index (χ0v) is 17.1. The summed E-state index contributed by atoms with van der Waals surface area (Å²) < 4.78 is 5.33. The Balaban J connectivity index is 1.99. The predicted octanol–water partition coefficient (Wildman–Crippen LogP) is 3.92. The second kappa shape index (κ2) is 10.3. The quantitative estimate of drug-likeness (QED) is 0.713. The van der Waals surface area contributed by atoms with Crippen LogP contribution in [0.15, 0.2) is 48.5 Å². The average Bonchev–Trinajstić information content (AvgIpc) is 2.70. The fourth-order valence-electron chi connectivity index (χ4n) is 3.08. The van der Waals surface area contributed by atoms with E-state index in [-0.39, 0.29) is 24.8 Å². The number of ether oxygens (including phenoxy) is 1. The van der Waals surface area contributed by atoms with E-state index >= 15 is 0 Å². The van der Waals surface area contributed by atoms with Crippen LogP contribution < -0.4 is 19.9 Å². The van der Waals surface area contributed by atoms with Gasteiger partial charge in [0.25, 0.3) is 0 Å². The first-order chi connectivity index (χ1) is 13.5. The molecule has 150 valence electrons. The van der Waals surface area contributed by atoms with Crippen molar-refractivity contribution in [2.24, 2.45) is 0 Å². The molecule has 0 spiro atoms. The highest BCUT2D eigenvalue weighted by atomic mass is 16.5. The molecule has 0 unspecified atom stereocenters. The largest absolute Gasteiger partial charge is 0.495 e. The highest BCUT2D eigenvalue weighted by Gasteiger charge is 2.17. The molecule has 0 bridgehead atoms. The van der Waals surface area contributed by atoms with Crippen LogP contribution >= 0.6 is 0 Å². The Morgan fingerprint density at radius 2 is 1.64 bits per heavy atom. The zero-order valence-electron chi connectivity index (χ0n) is 17.1. The molecule has 6 nitrogen and oxygen atoms in total. The third-order valence-corrected chi connectivity index (χ3v) is 4.60. The Bertz CT molecular complexity index is 786. The summed E-state index contributed by atoms with van der Waals surface area (Å²) >= 11 is 0. The van der Waals surface area contributed by atoms with Gasteiger partial charge in [-0.3, -0.25) is 9.59 Å². The van der Waals surface area contributed by atoms with Crippen LogP contribution in [0.3, 0.4) is 0 Å². The molecule has 0 saturated heterocycles. The lowest BCUT2D eigenvalue weighted by Gasteiger charge is -2.23. The first-order valence-electron chi connectivity index (χ1n) is 9.56. The van der Waals surface area contributed by atoms with E-state index in [9.17, 15) is 9.59 Å². The summed E-state index contributed by atoms with van der Waals surface area (Å²) in [5.74, 6) is 0.322. The number of hydrogen-bond donors (Lipinski definition) is 1. The fourth-order valence-corrected chi connectivity index (χ4v) is 3.08. The number of amides is 2. The molecule has 0 saturated carbocycles. The summed E-state index contributed by atoms with van der Waals surface area (Å²) in [5, 5.41) is 2.89. The summed E-state index contributed by atoms with van der Waals surface area (Å²) in [6, 6.07) is 15.1. The Kier molecular flexibility index (Phi) is 7.87. The number of methoxy groups -OCH3 is 1. The zero-order chi connectivity index (χ0) is 20.5. The average molecular weight is 383 g/mol. The number of nitrogens with one attached hydrogen (secondary N) is 1. The van der Waals surface area contributed by atoms with Gasteiger partial charge in [0, 0.05) is 44.4 Å². The van der Waals surface area contributed by atoms with Crippen molar-refractivity contribution in [1.29, 1.82) is 0 Å². The minimum absolute atomic E-state index is 0.138. The van der Waals surface area contributed by atoms with Gasteiger partial charge in [0.1, 0.15) is 5.75 Å². The number of carbonyl (C=O) groups is 2. The van der Waals surface area contributed by atoms with E-state index < -0.39 is 0 Å². The lowest BCUT2D eigenvalue weighted by molar-refractivity contribution is -0.117. The lowest BCUT2D eigenvalue weighted by atomic mass is 10.2. The Morgan fingerprint density at radius 3 is 2.21 bits per heavy atom. The Labute approximate surface area is 167 Å². The molecule has 2 amide bonds. The molecule has 0 heterocycles. The van der Waals surface area contributed by atoms with Gasteiger partial charge < -0.3 is 19.9 Å². The van der Waals surface area contributed by atoms with E-state index in [1.807, 2.05) is 42.5 Å². The van der Waals surface area contributed by atoms with Crippen LogP contribution in [0.25, 0.3) is 0 Å². The van der Waals surface area contributed by atoms with Gasteiger partial charge in [0.05, 0.1) is 12.8 Å². The SMILES string of the molecule is CCN(CC)c1ccc(NC(=O)CCN(C(C)=O)c2ccccc2OC)cc1. The molecule has 2 rings (SSSR count). The maximum absolute atomic E-state index is 12.4. The van der Waals surface area contributed by atoms with Gasteiger partial charge in [-0.05, 0) is 50.2 Å². The van der Waals surface area contributed by atoms with Crippen LogP contribution in [-0.2, 0) is 9.59 Å². The summed E-state index contributed by atoms with van der Waals surface area (Å²) in [4.78, 5) is 28.2. The van der Waals surface area contributed by atoms with Gasteiger partial charge in [-0.2, -0.15) is 0 Å². The smallest absolute Gasteiger partial charge is 0.226 e. The predicted molar refractivity (Wildman–Crippen MR) is 114 cm³/mol. The highest BCUT2D eigenvalue weighted by molar-refractivity contribution is 5.95. The fraction of sp³-hybridized carbons (Fsp3) is 0.364. The summed E-state index contributed by atoms with van der Waals surface area (Å²) in [5.41, 5.74) is 2.53. The molecular formula is C22H29N3O3. The van der Waals surface area contributed by atoms with Crippen molar-refractivity contribution in [3.05, 3.63) is 48.5 Å². The van der Waals surface area contributed by atoms with E-state index in [0.717, 1.165) is 24.5 Å². The molecule has 2 aromatic carbocycles. The number of hydrogen-bond acceptors (Lipinski definition) is 4. The minimum atomic E-state index is -0.142. The number of nitrogens with zero attached hydrogens (tertiary/aromatic N) is 2. The monoisotopic (exact) mass is 383 g/mol. The van der Waals surface area contributed by atoms with E-state index in [0.29, 0.717) is 11.4 Å². The van der Waals surface area contributed by atoms with E-state index in [2.05, 4.69) is 24.1 Å². The van der Waals surface area contributed by atoms with Crippen molar-refractivity contribution in [3.8, 4) is 5.75 Å². The highest BCUT2D eigenvalue weighted by Crippen LogP contribution is 2.28. The summed E-state index contributed by atoms with van der Waals surface area (Å²) in [7, 11) is 1.56. The normalized spacial score (nSPS) is 10.3. The van der Waals surface area contributed by atoms with Crippen LogP contribution in [-0.4, -0.2) is 38.6 Å². The molecule has 0 radical (unpaired) electrons. The topological polar surface area (TPSA) is 61.9 Å². The number of anilines is 3. The van der Waals surface area contributed by atoms with Crippen molar-refractivity contribution in [2.75, 3.05) is 41.9 Å². The molecule has 0 aliphatic rings. The molecule has 0 fully saturated rings. The maximum Gasteiger partial charge on any atom is 0.226 e. The molecule has 6 heteroatoms. The first kappa shape index (κ1) is 21.3. The number of carbonyl (C=O) groups excluding carboxylic acids is 2. The first-order valence-corrected chi connectivity index (χ1v) is 9.56. The second-order valence-electron chi connectivity index (χ2n) is 6.36. The number of benzene rings is 2. The lowest BCUT2D eigenvalue weighted by Crippen LogP contribution is -2.32. The van der Waals surface area contributed by atoms with E-state index in [4.69, 9.17) is 4.74 Å². The van der Waals surface area contributed by atoms with Crippen molar-refractivity contribution in [3.63, 3.8) is 0 Å². The van der Waals surface area contributed by atoms with Crippen molar-refractivity contribution < 1.29 is 14.3 Å². The van der Waals surface area contributed by atoms with E-state index in [1.54, 1.807) is 18.1 Å². The van der Waals surface area contributed by atoms with Gasteiger partial charge in [0.15, 0.2) is 0 Å². The molecule has 1 N–H and O–H groups in total. The van der Waals surface area contributed by atoms with E-state index in [1.165, 1.54) is 6.92 Å². The third-order valence-electron chi connectivity index (χ3n) is 4.60. The molecule has 28 heavy (non-hydrogen) atoms. The van der Waals surface area contributed by atoms with Gasteiger partial charge in [-0.1, -0.05) is 12.1 Å². The number of para-hydroxylation sites is 2. The standard InChI is InChI=1S/C22H29N3O3/c1-5-24(6-2)19-13-11-18(12-14-19)23-22(27)15-16-25(17(3)26)20-9-7-8-10-21(20)28-4/h7-14H,5-6,15-16H2,1-4H3,(H,23,27).